The molecule has 0 spiro atoms. The Kier molecular flexibility index (Phi) is 8.47. The topological polar surface area (TPSA) is 102 Å². The van der Waals surface area contributed by atoms with E-state index in [9.17, 15) is 13.2 Å². The van der Waals surface area contributed by atoms with E-state index in [4.69, 9.17) is 32.7 Å². The van der Waals surface area contributed by atoms with Crippen LogP contribution in [0.2, 0.25) is 10.0 Å². The largest absolute Gasteiger partial charge is 0.481 e. The molecule has 2 fully saturated rings. The Bertz CT molecular complexity index is 1180. The van der Waals surface area contributed by atoms with Gasteiger partial charge in [0.05, 0.1) is 22.3 Å². The average molecular weight is 558 g/mol. The molecule has 0 N–H and O–H groups in total. The van der Waals surface area contributed by atoms with Gasteiger partial charge in [-0.1, -0.05) is 23.2 Å². The highest BCUT2D eigenvalue weighted by Crippen LogP contribution is 2.34. The molecule has 0 unspecified atom stereocenters. The quantitative estimate of drug-likeness (QED) is 0.508. The van der Waals surface area contributed by atoms with Crippen molar-refractivity contribution in [2.45, 2.75) is 60.8 Å². The van der Waals surface area contributed by atoms with Crippen LogP contribution < -0.4 is 9.64 Å². The average Bonchev–Trinajstić information content (AvgIpc) is 2.88. The van der Waals surface area contributed by atoms with Crippen molar-refractivity contribution in [3.63, 3.8) is 0 Å². The van der Waals surface area contributed by atoms with E-state index in [1.807, 2.05) is 0 Å². The third-order valence-electron chi connectivity index (χ3n) is 6.94. The molecule has 12 heteroatoms. The highest BCUT2D eigenvalue weighted by molar-refractivity contribution is 7.92. The second kappa shape index (κ2) is 11.4. The maximum absolute atomic E-state index is 13.1. The van der Waals surface area contributed by atoms with Crippen molar-refractivity contribution >= 4 is 45.1 Å². The summed E-state index contributed by atoms with van der Waals surface area (Å²) < 4.78 is 37.1. The van der Waals surface area contributed by atoms with E-state index >= 15 is 0 Å². The number of hydrogen-bond donors (Lipinski definition) is 0. The van der Waals surface area contributed by atoms with E-state index in [1.165, 1.54) is 18.2 Å². The van der Waals surface area contributed by atoms with Crippen molar-refractivity contribution in [1.82, 2.24) is 14.9 Å². The van der Waals surface area contributed by atoms with Crippen LogP contribution in [-0.4, -0.2) is 74.0 Å². The number of rotatable bonds is 6. The lowest BCUT2D eigenvalue weighted by Gasteiger charge is -2.37. The fourth-order valence-electron chi connectivity index (χ4n) is 4.77. The third kappa shape index (κ3) is 5.98. The summed E-state index contributed by atoms with van der Waals surface area (Å²) in [4.78, 5) is 25.3. The second-order valence-electron chi connectivity index (χ2n) is 9.13. The first-order valence-electron chi connectivity index (χ1n) is 11.9. The van der Waals surface area contributed by atoms with Gasteiger partial charge in [-0.3, -0.25) is 0 Å². The Hall–Kier alpha value is -2.30. The fraction of sp³-hybridized carbons (Fsp3) is 0.542. The summed E-state index contributed by atoms with van der Waals surface area (Å²) in [6.07, 6.45) is 4.29. The molecule has 196 valence electrons. The van der Waals surface area contributed by atoms with Gasteiger partial charge < -0.3 is 19.3 Å². The predicted octanol–water partition coefficient (Wildman–Crippen LogP) is 4.61. The van der Waals surface area contributed by atoms with E-state index in [-0.39, 0.29) is 28.2 Å². The van der Waals surface area contributed by atoms with Crippen molar-refractivity contribution in [1.29, 1.82) is 0 Å². The normalized spacial score (nSPS) is 21.2. The molecule has 1 aliphatic carbocycles. The molecule has 1 aromatic heterocycles. The number of piperidine rings is 1. The van der Waals surface area contributed by atoms with E-state index in [1.54, 1.807) is 31.3 Å². The number of hydrogen-bond acceptors (Lipinski definition) is 8. The molecule has 0 atom stereocenters. The van der Waals surface area contributed by atoms with Crippen LogP contribution in [0, 0.1) is 0 Å². The Labute approximate surface area is 221 Å². The molecule has 1 saturated carbocycles. The molecule has 1 amide bonds. The number of carbonyl (C=O) groups excluding carboxylic acids is 1. The van der Waals surface area contributed by atoms with Gasteiger partial charge in [0.25, 0.3) is 0 Å². The van der Waals surface area contributed by atoms with E-state index in [0.717, 1.165) is 12.8 Å². The molecule has 1 saturated heterocycles. The first-order valence-corrected chi connectivity index (χ1v) is 14.2. The standard InChI is InChI=1S/C24H30Cl2N4O5S/c1-29(17-10-13-30(14-11-17)23-27-12-9-22(28-23)34-2)24(31)35-18-4-6-19(7-5-18)36(32,33)21-8-3-16(25)15-20(21)26/h3,8-9,12,15,17-19H,4-7,10-11,13-14H2,1-2H3. The molecule has 4 rings (SSSR count). The first-order chi connectivity index (χ1) is 17.2. The van der Waals surface area contributed by atoms with Gasteiger partial charge in [0.2, 0.25) is 11.8 Å². The van der Waals surface area contributed by atoms with Gasteiger partial charge in [-0.2, -0.15) is 4.98 Å². The number of nitrogens with zero attached hydrogens (tertiary/aromatic N) is 4. The van der Waals surface area contributed by atoms with Gasteiger partial charge in [-0.15, -0.1) is 0 Å². The molecule has 1 aromatic carbocycles. The summed E-state index contributed by atoms with van der Waals surface area (Å²) >= 11 is 12.0. The minimum Gasteiger partial charge on any atom is -0.481 e. The maximum atomic E-state index is 13.1. The SMILES string of the molecule is COc1ccnc(N2CCC(N(C)C(=O)OC3CCC(S(=O)(=O)c4ccc(Cl)cc4Cl)CC3)CC2)n1. The molecule has 9 nitrogen and oxygen atoms in total. The van der Waals surface area contributed by atoms with Crippen molar-refractivity contribution in [3.8, 4) is 5.88 Å². The summed E-state index contributed by atoms with van der Waals surface area (Å²) in [6, 6.07) is 6.16. The summed E-state index contributed by atoms with van der Waals surface area (Å²) in [7, 11) is -0.269. The number of halogens is 2. The number of carbonyl (C=O) groups is 1. The lowest BCUT2D eigenvalue weighted by Crippen LogP contribution is -2.47. The smallest absolute Gasteiger partial charge is 0.410 e. The lowest BCUT2D eigenvalue weighted by molar-refractivity contribution is 0.0404. The van der Waals surface area contributed by atoms with Gasteiger partial charge in [0.15, 0.2) is 9.84 Å². The van der Waals surface area contributed by atoms with Crippen LogP contribution in [0.4, 0.5) is 10.7 Å². The minimum atomic E-state index is -3.59. The Morgan fingerprint density at radius 2 is 1.78 bits per heavy atom. The number of benzene rings is 1. The van der Waals surface area contributed by atoms with Crippen molar-refractivity contribution in [2.75, 3.05) is 32.1 Å². The molecule has 0 radical (unpaired) electrons. The minimum absolute atomic E-state index is 0.0446. The first kappa shape index (κ1) is 26.8. The zero-order chi connectivity index (χ0) is 25.9. The zero-order valence-electron chi connectivity index (χ0n) is 20.3. The van der Waals surface area contributed by atoms with Crippen LogP contribution >= 0.6 is 23.2 Å². The number of sulfone groups is 1. The zero-order valence-corrected chi connectivity index (χ0v) is 22.6. The second-order valence-corrected chi connectivity index (χ2v) is 12.2. The number of anilines is 1. The third-order valence-corrected chi connectivity index (χ3v) is 9.92. The molecule has 0 bridgehead atoms. The monoisotopic (exact) mass is 556 g/mol. The van der Waals surface area contributed by atoms with E-state index < -0.39 is 15.1 Å². The van der Waals surface area contributed by atoms with Crippen LogP contribution in [0.15, 0.2) is 35.4 Å². The van der Waals surface area contributed by atoms with Crippen LogP contribution in [-0.2, 0) is 14.6 Å². The van der Waals surface area contributed by atoms with E-state index in [2.05, 4.69) is 14.9 Å². The summed E-state index contributed by atoms with van der Waals surface area (Å²) in [5, 5.41) is -0.0494. The number of amides is 1. The molecular formula is C24H30Cl2N4O5S. The van der Waals surface area contributed by atoms with Gasteiger partial charge in [0, 0.05) is 43.5 Å². The van der Waals surface area contributed by atoms with Crippen LogP contribution in [0.3, 0.4) is 0 Å². The summed E-state index contributed by atoms with van der Waals surface area (Å²) in [5.41, 5.74) is 0. The molecule has 2 aromatic rings. The molecule has 36 heavy (non-hydrogen) atoms. The highest BCUT2D eigenvalue weighted by atomic mass is 35.5. The molecular weight excluding hydrogens is 527 g/mol. The van der Waals surface area contributed by atoms with Crippen LogP contribution in [0.25, 0.3) is 0 Å². The molecule has 1 aliphatic heterocycles. The van der Waals surface area contributed by atoms with Crippen molar-refractivity contribution < 1.29 is 22.7 Å². The predicted molar refractivity (Wildman–Crippen MR) is 138 cm³/mol. The number of ether oxygens (including phenoxy) is 2. The number of methoxy groups -OCH3 is 1. The molecule has 2 aliphatic rings. The van der Waals surface area contributed by atoms with Crippen LogP contribution in [0.5, 0.6) is 5.88 Å². The van der Waals surface area contributed by atoms with Gasteiger partial charge in [0.1, 0.15) is 6.10 Å². The number of aromatic nitrogens is 2. The van der Waals surface area contributed by atoms with Gasteiger partial charge in [-0.25, -0.2) is 18.2 Å². The van der Waals surface area contributed by atoms with Crippen molar-refractivity contribution in [3.05, 3.63) is 40.5 Å². The summed E-state index contributed by atoms with van der Waals surface area (Å²) in [5.74, 6) is 1.13. The lowest BCUT2D eigenvalue weighted by atomic mass is 9.97. The highest BCUT2D eigenvalue weighted by Gasteiger charge is 2.35. The van der Waals surface area contributed by atoms with Crippen molar-refractivity contribution in [2.24, 2.45) is 0 Å². The van der Waals surface area contributed by atoms with Gasteiger partial charge >= 0.3 is 6.09 Å². The Balaban J connectivity index is 1.26. The fourth-order valence-corrected chi connectivity index (χ4v) is 7.34. The van der Waals surface area contributed by atoms with Crippen LogP contribution in [0.1, 0.15) is 38.5 Å². The Morgan fingerprint density at radius 1 is 1.08 bits per heavy atom. The maximum Gasteiger partial charge on any atom is 0.410 e. The van der Waals surface area contributed by atoms with E-state index in [0.29, 0.717) is 55.6 Å². The molecule has 2 heterocycles. The Morgan fingerprint density at radius 3 is 2.42 bits per heavy atom. The van der Waals surface area contributed by atoms with Gasteiger partial charge in [-0.05, 0) is 56.7 Å². The summed E-state index contributed by atoms with van der Waals surface area (Å²) in [6.45, 7) is 1.43.